The number of aromatic amines is 1. The molecule has 0 aliphatic carbocycles. The molecule has 2 aromatic heterocycles. The summed E-state index contributed by atoms with van der Waals surface area (Å²) in [6, 6.07) is 14.8. The van der Waals surface area contributed by atoms with Crippen LogP contribution in [0.15, 0.2) is 60.9 Å². The van der Waals surface area contributed by atoms with Gasteiger partial charge in [0.25, 0.3) is 5.91 Å². The second-order valence-corrected chi connectivity index (χ2v) is 6.85. The van der Waals surface area contributed by atoms with Crippen molar-refractivity contribution in [2.45, 2.75) is 12.8 Å². The van der Waals surface area contributed by atoms with Gasteiger partial charge >= 0.3 is 0 Å². The van der Waals surface area contributed by atoms with Gasteiger partial charge in [0.1, 0.15) is 5.69 Å². The minimum absolute atomic E-state index is 0.0502. The van der Waals surface area contributed by atoms with Crippen LogP contribution in [0, 0.1) is 5.92 Å². The molecule has 2 amide bonds. The molecule has 4 rings (SSSR count). The van der Waals surface area contributed by atoms with Crippen molar-refractivity contribution in [3.8, 4) is 11.3 Å². The Bertz CT molecular complexity index is 955. The number of benzene rings is 1. The van der Waals surface area contributed by atoms with E-state index in [0.29, 0.717) is 24.5 Å². The Hall–Kier alpha value is -3.48. The van der Waals surface area contributed by atoms with Crippen molar-refractivity contribution < 1.29 is 9.59 Å². The fraction of sp³-hybridized carbons (Fsp3) is 0.238. The summed E-state index contributed by atoms with van der Waals surface area (Å²) in [6.07, 6.45) is 4.94. The van der Waals surface area contributed by atoms with E-state index < -0.39 is 0 Å². The molecule has 1 aliphatic heterocycles. The van der Waals surface area contributed by atoms with Crippen LogP contribution in [0.1, 0.15) is 23.3 Å². The largest absolute Gasteiger partial charge is 0.337 e. The average molecular weight is 375 g/mol. The quantitative estimate of drug-likeness (QED) is 0.733. The maximum absolute atomic E-state index is 12.9. The normalized spacial score (nSPS) is 16.6. The number of nitrogens with one attached hydrogen (secondary N) is 2. The van der Waals surface area contributed by atoms with Gasteiger partial charge in [-0.15, -0.1) is 0 Å². The highest BCUT2D eigenvalue weighted by Crippen LogP contribution is 2.22. The van der Waals surface area contributed by atoms with Gasteiger partial charge in [-0.1, -0.05) is 18.2 Å². The van der Waals surface area contributed by atoms with E-state index in [9.17, 15) is 9.59 Å². The third-order valence-electron chi connectivity index (χ3n) is 4.91. The number of aromatic nitrogens is 3. The van der Waals surface area contributed by atoms with Crippen LogP contribution in [0.2, 0.25) is 0 Å². The van der Waals surface area contributed by atoms with Crippen LogP contribution in [0.25, 0.3) is 11.3 Å². The van der Waals surface area contributed by atoms with E-state index >= 15 is 0 Å². The zero-order chi connectivity index (χ0) is 19.3. The monoisotopic (exact) mass is 375 g/mol. The molecule has 3 aromatic rings. The Balaban J connectivity index is 1.42. The number of nitrogens with zero attached hydrogens (tertiary/aromatic N) is 3. The van der Waals surface area contributed by atoms with Crippen LogP contribution < -0.4 is 5.32 Å². The second-order valence-electron chi connectivity index (χ2n) is 6.85. The van der Waals surface area contributed by atoms with Gasteiger partial charge in [0, 0.05) is 36.7 Å². The minimum atomic E-state index is -0.222. The van der Waals surface area contributed by atoms with Crippen molar-refractivity contribution in [1.29, 1.82) is 0 Å². The van der Waals surface area contributed by atoms with E-state index in [4.69, 9.17) is 0 Å². The molecular formula is C21H21N5O2. The van der Waals surface area contributed by atoms with Gasteiger partial charge in [-0.2, -0.15) is 5.10 Å². The van der Waals surface area contributed by atoms with Gasteiger partial charge in [0.2, 0.25) is 5.91 Å². The van der Waals surface area contributed by atoms with E-state index in [1.54, 1.807) is 23.4 Å². The van der Waals surface area contributed by atoms with Gasteiger partial charge in [0.15, 0.2) is 0 Å². The fourth-order valence-electron chi connectivity index (χ4n) is 3.41. The molecule has 2 N–H and O–H groups in total. The zero-order valence-corrected chi connectivity index (χ0v) is 15.3. The molecule has 3 heterocycles. The Kier molecular flexibility index (Phi) is 5.14. The summed E-state index contributed by atoms with van der Waals surface area (Å²) in [5, 5.41) is 9.99. The second kappa shape index (κ2) is 8.04. The highest BCUT2D eigenvalue weighted by Gasteiger charge is 2.29. The summed E-state index contributed by atoms with van der Waals surface area (Å²) >= 11 is 0. The number of rotatable bonds is 4. The lowest BCUT2D eigenvalue weighted by Crippen LogP contribution is -2.43. The molecule has 1 fully saturated rings. The first-order valence-electron chi connectivity index (χ1n) is 9.32. The summed E-state index contributed by atoms with van der Waals surface area (Å²) in [5.41, 5.74) is 2.78. The number of likely N-dealkylation sites (tertiary alicyclic amines) is 1. The van der Waals surface area contributed by atoms with E-state index in [1.807, 2.05) is 42.5 Å². The van der Waals surface area contributed by atoms with E-state index in [1.165, 1.54) is 0 Å². The van der Waals surface area contributed by atoms with Crippen molar-refractivity contribution in [2.75, 3.05) is 18.4 Å². The fourth-order valence-corrected chi connectivity index (χ4v) is 3.41. The molecule has 28 heavy (non-hydrogen) atoms. The van der Waals surface area contributed by atoms with Gasteiger partial charge < -0.3 is 10.2 Å². The van der Waals surface area contributed by atoms with Crippen molar-refractivity contribution in [2.24, 2.45) is 5.92 Å². The molecule has 1 unspecified atom stereocenters. The van der Waals surface area contributed by atoms with Crippen molar-refractivity contribution in [1.82, 2.24) is 20.1 Å². The number of para-hydroxylation sites is 1. The minimum Gasteiger partial charge on any atom is -0.337 e. The van der Waals surface area contributed by atoms with Crippen LogP contribution in [-0.2, 0) is 4.79 Å². The summed E-state index contributed by atoms with van der Waals surface area (Å²) in [6.45, 7) is 1.04. The van der Waals surface area contributed by atoms with Gasteiger partial charge in [-0.05, 0) is 43.2 Å². The van der Waals surface area contributed by atoms with Gasteiger partial charge in [0.05, 0.1) is 11.6 Å². The van der Waals surface area contributed by atoms with Crippen molar-refractivity contribution >= 4 is 17.5 Å². The molecule has 1 saturated heterocycles. The first-order valence-corrected chi connectivity index (χ1v) is 9.32. The smallest absolute Gasteiger partial charge is 0.271 e. The number of piperidine rings is 1. The average Bonchev–Trinajstić information content (AvgIpc) is 3.25. The maximum Gasteiger partial charge on any atom is 0.271 e. The Labute approximate surface area is 162 Å². The summed E-state index contributed by atoms with van der Waals surface area (Å²) in [7, 11) is 0. The first kappa shape index (κ1) is 17.9. The maximum atomic E-state index is 12.9. The van der Waals surface area contributed by atoms with Crippen LogP contribution in [0.5, 0.6) is 0 Å². The topological polar surface area (TPSA) is 91.0 Å². The molecule has 1 atom stereocenters. The van der Waals surface area contributed by atoms with E-state index in [2.05, 4.69) is 20.5 Å². The van der Waals surface area contributed by atoms with Crippen molar-refractivity contribution in [3.63, 3.8) is 0 Å². The molecule has 0 saturated carbocycles. The highest BCUT2D eigenvalue weighted by atomic mass is 16.2. The number of pyridine rings is 1. The Morgan fingerprint density at radius 1 is 1.11 bits per heavy atom. The van der Waals surface area contributed by atoms with E-state index in [-0.39, 0.29) is 17.7 Å². The highest BCUT2D eigenvalue weighted by molar-refractivity contribution is 5.95. The molecule has 0 radical (unpaired) electrons. The van der Waals surface area contributed by atoms with Crippen LogP contribution in [0.3, 0.4) is 0 Å². The molecule has 7 nitrogen and oxygen atoms in total. The van der Waals surface area contributed by atoms with E-state index in [0.717, 1.165) is 24.1 Å². The molecule has 0 spiro atoms. The molecule has 0 bridgehead atoms. The lowest BCUT2D eigenvalue weighted by atomic mass is 9.96. The summed E-state index contributed by atoms with van der Waals surface area (Å²) in [5.74, 6) is -0.406. The SMILES string of the molecule is O=C(Nc1ccccc1)C1CCCN(C(=O)c2cc(-c3ccncc3)n[nH]2)C1. The standard InChI is InChI=1S/C21H21N5O2/c27-20(23-17-6-2-1-3-7-17)16-5-4-12-26(14-16)21(28)19-13-18(24-25-19)15-8-10-22-11-9-15/h1-3,6-11,13,16H,4-5,12,14H2,(H,23,27)(H,24,25). The van der Waals surface area contributed by atoms with Crippen LogP contribution in [-0.4, -0.2) is 45.0 Å². The number of hydrogen-bond acceptors (Lipinski definition) is 4. The number of hydrogen-bond donors (Lipinski definition) is 2. The Morgan fingerprint density at radius 2 is 1.89 bits per heavy atom. The van der Waals surface area contributed by atoms with Gasteiger partial charge in [-0.3, -0.25) is 19.7 Å². The lowest BCUT2D eigenvalue weighted by molar-refractivity contribution is -0.121. The van der Waals surface area contributed by atoms with Crippen LogP contribution >= 0.6 is 0 Å². The van der Waals surface area contributed by atoms with Gasteiger partial charge in [-0.25, -0.2) is 0 Å². The number of H-pyrrole nitrogens is 1. The Morgan fingerprint density at radius 3 is 2.68 bits per heavy atom. The zero-order valence-electron chi connectivity index (χ0n) is 15.3. The third-order valence-corrected chi connectivity index (χ3v) is 4.91. The van der Waals surface area contributed by atoms with Crippen LogP contribution in [0.4, 0.5) is 5.69 Å². The summed E-state index contributed by atoms with van der Waals surface area (Å²) < 4.78 is 0. The third kappa shape index (κ3) is 3.93. The van der Waals surface area contributed by atoms with Crippen molar-refractivity contribution in [3.05, 3.63) is 66.6 Å². The molecule has 7 heteroatoms. The predicted octanol–water partition coefficient (Wildman–Crippen LogP) is 2.96. The number of carbonyl (C=O) groups excluding carboxylic acids is 2. The predicted molar refractivity (Wildman–Crippen MR) is 106 cm³/mol. The molecule has 1 aliphatic rings. The first-order chi connectivity index (χ1) is 13.7. The molecular weight excluding hydrogens is 354 g/mol. The summed E-state index contributed by atoms with van der Waals surface area (Å²) in [4.78, 5) is 31.2. The number of carbonyl (C=O) groups is 2. The lowest BCUT2D eigenvalue weighted by Gasteiger charge is -2.31. The molecule has 142 valence electrons. The number of anilines is 1. The number of amides is 2. The molecule has 1 aromatic carbocycles.